The van der Waals surface area contributed by atoms with E-state index in [1.54, 1.807) is 12.1 Å². The smallest absolute Gasteiger partial charge is 0.261 e. The molecule has 0 amide bonds. The van der Waals surface area contributed by atoms with Crippen LogP contribution >= 0.6 is 0 Å². The minimum absolute atomic E-state index is 0.0353. The van der Waals surface area contributed by atoms with Gasteiger partial charge in [-0.25, -0.2) is 8.42 Å². The maximum absolute atomic E-state index is 12.8. The number of hydrogen-bond donors (Lipinski definition) is 1. The number of anilines is 1. The highest BCUT2D eigenvalue weighted by Gasteiger charge is 2.23. The average Bonchev–Trinajstić information content (AvgIpc) is 3.07. The molecule has 0 aliphatic carbocycles. The van der Waals surface area contributed by atoms with Crippen molar-refractivity contribution in [3.8, 4) is 11.5 Å². The number of ketones is 1. The standard InChI is InChI=1S/C19H15NO5S/c1-12(21)16-9-18-19(25-11-24-18)10-17(16)20-26(22,23)15-7-6-13-4-2-3-5-14(13)8-15/h2-10,20H,11H2,1H3. The first-order valence-corrected chi connectivity index (χ1v) is 9.38. The van der Waals surface area contributed by atoms with Gasteiger partial charge in [-0.3, -0.25) is 9.52 Å². The van der Waals surface area contributed by atoms with E-state index in [1.165, 1.54) is 25.1 Å². The molecule has 7 heteroatoms. The molecule has 26 heavy (non-hydrogen) atoms. The minimum atomic E-state index is -3.88. The number of benzene rings is 3. The molecule has 0 saturated carbocycles. The fraction of sp³-hybridized carbons (Fsp3) is 0.105. The number of fused-ring (bicyclic) bond motifs is 2. The molecule has 1 heterocycles. The van der Waals surface area contributed by atoms with Crippen LogP contribution in [0, 0.1) is 0 Å². The second-order valence-corrected chi connectivity index (χ2v) is 7.60. The van der Waals surface area contributed by atoms with E-state index in [4.69, 9.17) is 9.47 Å². The summed E-state index contributed by atoms with van der Waals surface area (Å²) in [5.74, 6) is 0.537. The van der Waals surface area contributed by atoms with E-state index in [0.717, 1.165) is 10.8 Å². The van der Waals surface area contributed by atoms with E-state index in [0.29, 0.717) is 11.5 Å². The van der Waals surface area contributed by atoms with Crippen LogP contribution in [0.1, 0.15) is 17.3 Å². The van der Waals surface area contributed by atoms with E-state index in [-0.39, 0.29) is 28.7 Å². The van der Waals surface area contributed by atoms with Crippen LogP contribution in [0.2, 0.25) is 0 Å². The number of carbonyl (C=O) groups excluding carboxylic acids is 1. The maximum Gasteiger partial charge on any atom is 0.261 e. The van der Waals surface area contributed by atoms with Gasteiger partial charge in [-0.1, -0.05) is 30.3 Å². The molecule has 0 unspecified atom stereocenters. The van der Waals surface area contributed by atoms with Crippen molar-refractivity contribution in [2.75, 3.05) is 11.5 Å². The SMILES string of the molecule is CC(=O)c1cc2c(cc1NS(=O)(=O)c1ccc3ccccc3c1)OCO2. The molecule has 3 aromatic rings. The number of nitrogens with one attached hydrogen (secondary N) is 1. The van der Waals surface area contributed by atoms with Crippen LogP contribution in [0.15, 0.2) is 59.5 Å². The lowest BCUT2D eigenvalue weighted by molar-refractivity contribution is 0.101. The number of carbonyl (C=O) groups is 1. The van der Waals surface area contributed by atoms with Gasteiger partial charge in [0.25, 0.3) is 10.0 Å². The highest BCUT2D eigenvalue weighted by atomic mass is 32.2. The van der Waals surface area contributed by atoms with Crippen LogP contribution in [-0.2, 0) is 10.0 Å². The molecule has 0 saturated heterocycles. The van der Waals surface area contributed by atoms with E-state index in [2.05, 4.69) is 4.72 Å². The summed E-state index contributed by atoms with van der Waals surface area (Å²) in [6.45, 7) is 1.40. The van der Waals surface area contributed by atoms with Gasteiger partial charge < -0.3 is 9.47 Å². The van der Waals surface area contributed by atoms with Gasteiger partial charge in [-0.15, -0.1) is 0 Å². The maximum atomic E-state index is 12.8. The van der Waals surface area contributed by atoms with E-state index in [9.17, 15) is 13.2 Å². The molecule has 0 aromatic heterocycles. The molecule has 0 spiro atoms. The Balaban J connectivity index is 1.76. The van der Waals surface area contributed by atoms with Crippen molar-refractivity contribution in [2.45, 2.75) is 11.8 Å². The van der Waals surface area contributed by atoms with Crippen LogP contribution in [0.4, 0.5) is 5.69 Å². The summed E-state index contributed by atoms with van der Waals surface area (Å²) in [7, 11) is -3.88. The number of hydrogen-bond acceptors (Lipinski definition) is 5. The quantitative estimate of drug-likeness (QED) is 0.711. The van der Waals surface area contributed by atoms with Gasteiger partial charge in [0.15, 0.2) is 17.3 Å². The lowest BCUT2D eigenvalue weighted by Crippen LogP contribution is -2.15. The fourth-order valence-corrected chi connectivity index (χ4v) is 3.96. The predicted octanol–water partition coefficient (Wildman–Crippen LogP) is 3.57. The Morgan fingerprint density at radius 2 is 1.65 bits per heavy atom. The zero-order valence-corrected chi connectivity index (χ0v) is 14.7. The Morgan fingerprint density at radius 3 is 2.38 bits per heavy atom. The Bertz CT molecular complexity index is 1140. The third-order valence-corrected chi connectivity index (χ3v) is 5.53. The van der Waals surface area contributed by atoms with Crippen molar-refractivity contribution in [1.29, 1.82) is 0 Å². The number of Topliss-reactive ketones (excluding diaryl/α,β-unsaturated/α-hetero) is 1. The summed E-state index contributed by atoms with van der Waals surface area (Å²) < 4.78 is 38.7. The zero-order valence-electron chi connectivity index (χ0n) is 13.9. The van der Waals surface area contributed by atoms with Crippen molar-refractivity contribution >= 4 is 32.3 Å². The number of rotatable bonds is 4. The average molecular weight is 369 g/mol. The predicted molar refractivity (Wildman–Crippen MR) is 97.3 cm³/mol. The topological polar surface area (TPSA) is 81.7 Å². The molecule has 1 aliphatic rings. The molecule has 0 radical (unpaired) electrons. The van der Waals surface area contributed by atoms with E-state index < -0.39 is 10.0 Å². The summed E-state index contributed by atoms with van der Waals surface area (Å²) in [5, 5.41) is 1.76. The molecule has 1 aliphatic heterocycles. The summed E-state index contributed by atoms with van der Waals surface area (Å²) >= 11 is 0. The minimum Gasteiger partial charge on any atom is -0.454 e. The van der Waals surface area contributed by atoms with E-state index >= 15 is 0 Å². The van der Waals surface area contributed by atoms with Crippen molar-refractivity contribution in [3.63, 3.8) is 0 Å². The molecule has 1 N–H and O–H groups in total. The zero-order chi connectivity index (χ0) is 18.3. The molecule has 0 atom stereocenters. The Kier molecular flexibility index (Phi) is 3.81. The van der Waals surface area contributed by atoms with Crippen molar-refractivity contribution < 1.29 is 22.7 Å². The largest absolute Gasteiger partial charge is 0.454 e. The lowest BCUT2D eigenvalue weighted by Gasteiger charge is -2.13. The normalized spacial score (nSPS) is 13.0. The van der Waals surface area contributed by atoms with Gasteiger partial charge in [0.2, 0.25) is 6.79 Å². The molecule has 0 fully saturated rings. The lowest BCUT2D eigenvalue weighted by atomic mass is 10.1. The molecule has 6 nitrogen and oxygen atoms in total. The van der Waals surface area contributed by atoms with Gasteiger partial charge in [-0.05, 0) is 35.9 Å². The Morgan fingerprint density at radius 1 is 0.962 bits per heavy atom. The second kappa shape index (κ2) is 6.03. The highest BCUT2D eigenvalue weighted by molar-refractivity contribution is 7.92. The Labute approximate surface area is 150 Å². The van der Waals surface area contributed by atoms with Crippen LogP contribution in [-0.4, -0.2) is 21.0 Å². The summed E-state index contributed by atoms with van der Waals surface area (Å²) in [6.07, 6.45) is 0. The van der Waals surface area contributed by atoms with Gasteiger partial charge >= 0.3 is 0 Å². The van der Waals surface area contributed by atoms with Crippen molar-refractivity contribution in [2.24, 2.45) is 0 Å². The van der Waals surface area contributed by atoms with Crippen LogP contribution in [0.25, 0.3) is 10.8 Å². The summed E-state index contributed by atoms with van der Waals surface area (Å²) in [5.41, 5.74) is 0.383. The van der Waals surface area contributed by atoms with Crippen LogP contribution < -0.4 is 14.2 Å². The van der Waals surface area contributed by atoms with Crippen molar-refractivity contribution in [1.82, 2.24) is 0 Å². The highest BCUT2D eigenvalue weighted by Crippen LogP contribution is 2.38. The third-order valence-electron chi connectivity index (χ3n) is 4.17. The molecule has 0 bridgehead atoms. The van der Waals surface area contributed by atoms with Crippen molar-refractivity contribution in [3.05, 3.63) is 60.2 Å². The first-order chi connectivity index (χ1) is 12.4. The summed E-state index contributed by atoms with van der Waals surface area (Å²) in [4.78, 5) is 12.0. The fourth-order valence-electron chi connectivity index (χ4n) is 2.86. The first kappa shape index (κ1) is 16.4. The first-order valence-electron chi connectivity index (χ1n) is 7.90. The molecular weight excluding hydrogens is 354 g/mol. The van der Waals surface area contributed by atoms with Crippen LogP contribution in [0.5, 0.6) is 11.5 Å². The van der Waals surface area contributed by atoms with Gasteiger partial charge in [0.1, 0.15) is 0 Å². The molecule has 3 aromatic carbocycles. The van der Waals surface area contributed by atoms with Gasteiger partial charge in [0, 0.05) is 11.6 Å². The van der Waals surface area contributed by atoms with Gasteiger partial charge in [-0.2, -0.15) is 0 Å². The Hall–Kier alpha value is -3.06. The number of ether oxygens (including phenoxy) is 2. The monoisotopic (exact) mass is 369 g/mol. The number of sulfonamides is 1. The van der Waals surface area contributed by atoms with Gasteiger partial charge in [0.05, 0.1) is 10.6 Å². The summed E-state index contributed by atoms with van der Waals surface area (Å²) in [6, 6.07) is 15.3. The van der Waals surface area contributed by atoms with E-state index in [1.807, 2.05) is 24.3 Å². The molecule has 4 rings (SSSR count). The molecular formula is C19H15NO5S. The van der Waals surface area contributed by atoms with Crippen LogP contribution in [0.3, 0.4) is 0 Å². The third kappa shape index (κ3) is 2.86. The second-order valence-electron chi connectivity index (χ2n) is 5.92. The molecule has 132 valence electrons.